The Bertz CT molecular complexity index is 1320. The van der Waals surface area contributed by atoms with E-state index in [-0.39, 0.29) is 18.0 Å². The van der Waals surface area contributed by atoms with E-state index in [1.54, 1.807) is 17.5 Å². The Balaban J connectivity index is 1.60. The maximum absolute atomic E-state index is 13.6. The number of carbonyl (C=O) groups excluding carboxylic acids is 1. The lowest BCUT2D eigenvalue weighted by Gasteiger charge is -2.26. The molecular weight excluding hydrogens is 420 g/mol. The van der Waals surface area contributed by atoms with Gasteiger partial charge in [0.1, 0.15) is 5.75 Å². The van der Waals surface area contributed by atoms with E-state index < -0.39 is 0 Å². The van der Waals surface area contributed by atoms with Crippen LogP contribution in [-0.4, -0.2) is 27.3 Å². The van der Waals surface area contributed by atoms with Crippen molar-refractivity contribution < 1.29 is 9.53 Å². The number of nitrogens with one attached hydrogen (secondary N) is 1. The summed E-state index contributed by atoms with van der Waals surface area (Å²) in [5.74, 6) is 0.717. The molecule has 1 aliphatic rings. The number of fused-ring (bicyclic) bond motifs is 2. The topological polar surface area (TPSA) is 69.0 Å². The molecule has 1 aliphatic heterocycles. The van der Waals surface area contributed by atoms with Crippen LogP contribution in [0.2, 0.25) is 0 Å². The van der Waals surface area contributed by atoms with E-state index in [1.165, 1.54) is 9.75 Å². The van der Waals surface area contributed by atoms with Crippen LogP contribution in [0.5, 0.6) is 5.75 Å². The smallest absolute Gasteiger partial charge is 0.252 e. The number of hydrogen-bond acceptors (Lipinski definition) is 5. The van der Waals surface area contributed by atoms with Crippen molar-refractivity contribution in [2.24, 2.45) is 0 Å². The van der Waals surface area contributed by atoms with Gasteiger partial charge in [-0.3, -0.25) is 4.79 Å². The molecule has 0 bridgehead atoms. The summed E-state index contributed by atoms with van der Waals surface area (Å²) in [4.78, 5) is 20.9. The Kier molecular flexibility index (Phi) is 5.21. The third-order valence-corrected chi connectivity index (χ3v) is 6.85. The van der Waals surface area contributed by atoms with Gasteiger partial charge in [-0.25, -0.2) is 9.67 Å². The highest BCUT2D eigenvalue weighted by Crippen LogP contribution is 2.34. The van der Waals surface area contributed by atoms with Gasteiger partial charge in [0.2, 0.25) is 0 Å². The third kappa shape index (κ3) is 3.56. The minimum absolute atomic E-state index is 0.0932. The summed E-state index contributed by atoms with van der Waals surface area (Å²) in [6, 6.07) is 12.0. The molecule has 1 aromatic carbocycles. The second-order valence-corrected chi connectivity index (χ2v) is 9.96. The molecule has 0 fully saturated rings. The van der Waals surface area contributed by atoms with Gasteiger partial charge in [-0.2, -0.15) is 5.10 Å². The van der Waals surface area contributed by atoms with Crippen molar-refractivity contribution in [3.8, 4) is 17.0 Å². The Hall–Kier alpha value is -3.19. The van der Waals surface area contributed by atoms with Crippen molar-refractivity contribution in [1.82, 2.24) is 20.1 Å². The average Bonchev–Trinajstić information content (AvgIpc) is 3.35. The van der Waals surface area contributed by atoms with Gasteiger partial charge in [0.15, 0.2) is 5.65 Å². The van der Waals surface area contributed by atoms with E-state index in [4.69, 9.17) is 9.72 Å². The third-order valence-electron chi connectivity index (χ3n) is 5.88. The summed E-state index contributed by atoms with van der Waals surface area (Å²) in [6.45, 7) is 8.90. The van der Waals surface area contributed by atoms with Gasteiger partial charge in [-0.1, -0.05) is 18.2 Å². The largest absolute Gasteiger partial charge is 0.493 e. The van der Waals surface area contributed by atoms with Crippen LogP contribution in [0.4, 0.5) is 0 Å². The fourth-order valence-electron chi connectivity index (χ4n) is 4.33. The summed E-state index contributed by atoms with van der Waals surface area (Å²) < 4.78 is 7.64. The lowest BCUT2D eigenvalue weighted by atomic mass is 9.99. The monoisotopic (exact) mass is 446 g/mol. The summed E-state index contributed by atoms with van der Waals surface area (Å²) in [7, 11) is 0. The van der Waals surface area contributed by atoms with Gasteiger partial charge in [0.25, 0.3) is 5.91 Å². The molecule has 6 nitrogen and oxygen atoms in total. The molecule has 1 atom stereocenters. The molecule has 164 valence electrons. The van der Waals surface area contributed by atoms with Gasteiger partial charge in [-0.05, 0) is 45.9 Å². The minimum Gasteiger partial charge on any atom is -0.493 e. The molecule has 1 N–H and O–H groups in total. The van der Waals surface area contributed by atoms with E-state index >= 15 is 0 Å². The molecule has 0 saturated heterocycles. The standard InChI is InChI=1S/C25H26N4O2S/c1-14(2)29-24-20(13-26-29)19(12-22(27-24)18-11-15(3)32-16(18)4)25(30)28-21-9-10-31-23-8-6-5-7-17(21)23/h5-8,11-14,21H,9-10H2,1-4H3,(H,28,30). The normalized spacial score (nSPS) is 15.6. The quantitative estimate of drug-likeness (QED) is 0.442. The van der Waals surface area contributed by atoms with Crippen LogP contribution < -0.4 is 10.1 Å². The van der Waals surface area contributed by atoms with Gasteiger partial charge in [0, 0.05) is 33.3 Å². The second-order valence-electron chi connectivity index (χ2n) is 8.50. The Labute approximate surface area is 191 Å². The van der Waals surface area contributed by atoms with Gasteiger partial charge >= 0.3 is 0 Å². The van der Waals surface area contributed by atoms with E-state index in [9.17, 15) is 4.79 Å². The van der Waals surface area contributed by atoms with Crippen molar-refractivity contribution in [2.45, 2.75) is 46.2 Å². The fourth-order valence-corrected chi connectivity index (χ4v) is 5.27. The molecule has 0 aliphatic carbocycles. The number of rotatable bonds is 4. The first kappa shape index (κ1) is 20.7. The predicted octanol–water partition coefficient (Wildman–Crippen LogP) is 5.61. The molecular formula is C25H26N4O2S. The molecule has 0 saturated carbocycles. The zero-order valence-electron chi connectivity index (χ0n) is 18.7. The molecule has 4 aromatic rings. The zero-order valence-corrected chi connectivity index (χ0v) is 19.5. The summed E-state index contributed by atoms with van der Waals surface area (Å²) in [6.07, 6.45) is 2.49. The fraction of sp³-hybridized carbons (Fsp3) is 0.320. The molecule has 5 rings (SSSR count). The summed E-state index contributed by atoms with van der Waals surface area (Å²) in [5.41, 5.74) is 4.22. The van der Waals surface area contributed by atoms with Crippen molar-refractivity contribution in [1.29, 1.82) is 0 Å². The number of pyridine rings is 1. The number of aryl methyl sites for hydroxylation is 2. The Morgan fingerprint density at radius 3 is 2.81 bits per heavy atom. The number of ether oxygens (including phenoxy) is 1. The Morgan fingerprint density at radius 2 is 2.06 bits per heavy atom. The highest BCUT2D eigenvalue weighted by atomic mass is 32.1. The van der Waals surface area contributed by atoms with Crippen LogP contribution in [0.15, 0.2) is 42.6 Å². The molecule has 3 aromatic heterocycles. The average molecular weight is 447 g/mol. The second kappa shape index (κ2) is 8.06. The molecule has 1 unspecified atom stereocenters. The van der Waals surface area contributed by atoms with Crippen LogP contribution in [0.3, 0.4) is 0 Å². The highest BCUT2D eigenvalue weighted by molar-refractivity contribution is 7.12. The molecule has 0 spiro atoms. The van der Waals surface area contributed by atoms with E-state index in [0.29, 0.717) is 12.2 Å². The van der Waals surface area contributed by atoms with Gasteiger partial charge in [0.05, 0.1) is 35.5 Å². The van der Waals surface area contributed by atoms with Crippen LogP contribution in [0.1, 0.15) is 58.0 Å². The molecule has 1 amide bonds. The molecule has 32 heavy (non-hydrogen) atoms. The first-order valence-electron chi connectivity index (χ1n) is 10.9. The maximum atomic E-state index is 13.6. The number of para-hydroxylation sites is 1. The van der Waals surface area contributed by atoms with Crippen LogP contribution in [-0.2, 0) is 0 Å². The van der Waals surface area contributed by atoms with Crippen molar-refractivity contribution in [3.63, 3.8) is 0 Å². The van der Waals surface area contributed by atoms with Crippen molar-refractivity contribution in [3.05, 3.63) is 63.5 Å². The molecule has 7 heteroatoms. The summed E-state index contributed by atoms with van der Waals surface area (Å²) >= 11 is 1.74. The highest BCUT2D eigenvalue weighted by Gasteiger charge is 2.25. The number of amides is 1. The van der Waals surface area contributed by atoms with Crippen LogP contribution >= 0.6 is 11.3 Å². The van der Waals surface area contributed by atoms with E-state index in [0.717, 1.165) is 40.0 Å². The number of thiophene rings is 1. The maximum Gasteiger partial charge on any atom is 0.252 e. The lowest BCUT2D eigenvalue weighted by Crippen LogP contribution is -2.32. The molecule has 4 heterocycles. The molecule has 0 radical (unpaired) electrons. The number of benzene rings is 1. The van der Waals surface area contributed by atoms with Gasteiger partial charge in [-0.15, -0.1) is 11.3 Å². The summed E-state index contributed by atoms with van der Waals surface area (Å²) in [5, 5.41) is 8.55. The van der Waals surface area contributed by atoms with Crippen LogP contribution in [0, 0.1) is 13.8 Å². The first-order valence-corrected chi connectivity index (χ1v) is 11.7. The lowest BCUT2D eigenvalue weighted by molar-refractivity contribution is 0.0926. The predicted molar refractivity (Wildman–Crippen MR) is 127 cm³/mol. The van der Waals surface area contributed by atoms with Gasteiger partial charge < -0.3 is 10.1 Å². The van der Waals surface area contributed by atoms with Crippen molar-refractivity contribution in [2.75, 3.05) is 6.61 Å². The Morgan fingerprint density at radius 1 is 1.25 bits per heavy atom. The number of nitrogens with zero attached hydrogens (tertiary/aromatic N) is 3. The minimum atomic E-state index is -0.117. The number of carbonyl (C=O) groups is 1. The zero-order chi connectivity index (χ0) is 22.4. The number of hydrogen-bond donors (Lipinski definition) is 1. The van der Waals surface area contributed by atoms with Crippen molar-refractivity contribution >= 4 is 28.3 Å². The number of aromatic nitrogens is 3. The van der Waals surface area contributed by atoms with E-state index in [2.05, 4.69) is 44.2 Å². The first-order chi connectivity index (χ1) is 15.4. The SMILES string of the molecule is Cc1cc(-c2cc(C(=O)NC3CCOc4ccccc43)c3cnn(C(C)C)c3n2)c(C)s1. The van der Waals surface area contributed by atoms with Crippen LogP contribution in [0.25, 0.3) is 22.3 Å². The van der Waals surface area contributed by atoms with E-state index in [1.807, 2.05) is 35.0 Å².